The summed E-state index contributed by atoms with van der Waals surface area (Å²) in [5.41, 5.74) is 15.1. The van der Waals surface area contributed by atoms with E-state index in [0.717, 1.165) is 33.6 Å². The van der Waals surface area contributed by atoms with Crippen LogP contribution in [0.2, 0.25) is 0 Å². The molecule has 0 unspecified atom stereocenters. The first-order chi connectivity index (χ1) is 23.0. The van der Waals surface area contributed by atoms with Crippen LogP contribution in [0.3, 0.4) is 0 Å². The van der Waals surface area contributed by atoms with Crippen molar-refractivity contribution in [2.45, 2.75) is 19.3 Å². The van der Waals surface area contributed by atoms with Crippen molar-refractivity contribution in [3.63, 3.8) is 0 Å². The second-order valence-electron chi connectivity index (χ2n) is 13.0. The van der Waals surface area contributed by atoms with Crippen molar-refractivity contribution < 1.29 is 4.42 Å². The first-order valence-corrected chi connectivity index (χ1v) is 16.3. The summed E-state index contributed by atoms with van der Waals surface area (Å²) in [6.45, 7) is 4.67. The summed E-state index contributed by atoms with van der Waals surface area (Å²) in [4.78, 5) is 2.38. The normalized spacial score (nSPS) is 13.1. The van der Waals surface area contributed by atoms with Gasteiger partial charge in [0.15, 0.2) is 0 Å². The van der Waals surface area contributed by atoms with E-state index in [-0.39, 0.29) is 5.41 Å². The molecule has 1 aromatic heterocycles. The minimum Gasteiger partial charge on any atom is -0.456 e. The Kier molecular flexibility index (Phi) is 6.20. The van der Waals surface area contributed by atoms with E-state index in [1.54, 1.807) is 0 Å². The number of hydrogen-bond acceptors (Lipinski definition) is 2. The van der Waals surface area contributed by atoms with Crippen LogP contribution in [-0.4, -0.2) is 0 Å². The summed E-state index contributed by atoms with van der Waals surface area (Å²) in [6, 6.07) is 58.9. The van der Waals surface area contributed by atoms with Crippen LogP contribution in [0.1, 0.15) is 25.0 Å². The molecule has 0 amide bonds. The highest BCUT2D eigenvalue weighted by Gasteiger charge is 2.37. The first kappa shape index (κ1) is 27.5. The highest BCUT2D eigenvalue weighted by atomic mass is 16.3. The predicted molar refractivity (Wildman–Crippen MR) is 197 cm³/mol. The van der Waals surface area contributed by atoms with E-state index in [0.29, 0.717) is 0 Å². The van der Waals surface area contributed by atoms with Crippen LogP contribution in [0.4, 0.5) is 17.1 Å². The van der Waals surface area contributed by atoms with Gasteiger partial charge in [0.1, 0.15) is 11.2 Å². The Morgan fingerprint density at radius 3 is 1.53 bits per heavy atom. The third kappa shape index (κ3) is 4.48. The Morgan fingerprint density at radius 1 is 0.404 bits per heavy atom. The number of rotatable bonds is 5. The van der Waals surface area contributed by atoms with Gasteiger partial charge in [0, 0.05) is 33.2 Å². The van der Waals surface area contributed by atoms with Crippen molar-refractivity contribution in [3.05, 3.63) is 175 Å². The molecule has 47 heavy (non-hydrogen) atoms. The molecule has 1 aliphatic rings. The number of benzene rings is 7. The number of hydrogen-bond donors (Lipinski definition) is 0. The minimum atomic E-state index is -0.187. The molecule has 0 atom stereocenters. The molecule has 224 valence electrons. The molecule has 0 fully saturated rings. The SMILES string of the molecule is CC1(C)c2cc(N(c3ccc(-c4ccccc4)cc3)c3ccc(-c4ccccc4)cc3)ccc2-c2cc3c(cc21)oc1ccccc13. The van der Waals surface area contributed by atoms with Crippen molar-refractivity contribution >= 4 is 39.0 Å². The summed E-state index contributed by atoms with van der Waals surface area (Å²) in [5, 5.41) is 2.34. The molecule has 0 bridgehead atoms. The van der Waals surface area contributed by atoms with Gasteiger partial charge in [-0.3, -0.25) is 0 Å². The maximum Gasteiger partial charge on any atom is 0.135 e. The number of para-hydroxylation sites is 1. The van der Waals surface area contributed by atoms with Crippen LogP contribution in [0, 0.1) is 0 Å². The van der Waals surface area contributed by atoms with Crippen molar-refractivity contribution in [1.29, 1.82) is 0 Å². The molecule has 0 spiro atoms. The van der Waals surface area contributed by atoms with Crippen molar-refractivity contribution in [1.82, 2.24) is 0 Å². The lowest BCUT2D eigenvalue weighted by molar-refractivity contribution is 0.647. The van der Waals surface area contributed by atoms with Gasteiger partial charge in [-0.1, -0.05) is 123 Å². The highest BCUT2D eigenvalue weighted by molar-refractivity contribution is 6.07. The Bertz CT molecular complexity index is 2320. The van der Waals surface area contributed by atoms with Crippen LogP contribution in [-0.2, 0) is 5.41 Å². The van der Waals surface area contributed by atoms with Gasteiger partial charge in [0.2, 0.25) is 0 Å². The zero-order chi connectivity index (χ0) is 31.5. The molecular weight excluding hydrogens is 571 g/mol. The molecule has 7 aromatic carbocycles. The van der Waals surface area contributed by atoms with Crippen LogP contribution in [0.5, 0.6) is 0 Å². The standard InChI is InChI=1S/C45H33NO/c1-45(2)41-27-36(25-26-37(41)39-28-40-38-15-9-10-16-43(38)47-44(40)29-42(39)45)46(34-21-17-32(18-22-34)30-11-5-3-6-12-30)35-23-19-33(20-24-35)31-13-7-4-8-14-31/h3-29H,1-2H3. The molecule has 0 radical (unpaired) electrons. The van der Waals surface area contributed by atoms with Crippen molar-refractivity contribution in [2.24, 2.45) is 0 Å². The zero-order valence-corrected chi connectivity index (χ0v) is 26.4. The monoisotopic (exact) mass is 603 g/mol. The van der Waals surface area contributed by atoms with Gasteiger partial charge in [-0.25, -0.2) is 0 Å². The number of anilines is 3. The fraction of sp³-hybridized carbons (Fsp3) is 0.0667. The van der Waals surface area contributed by atoms with Crippen LogP contribution in [0.25, 0.3) is 55.3 Å². The highest BCUT2D eigenvalue weighted by Crippen LogP contribution is 2.52. The Morgan fingerprint density at radius 2 is 0.915 bits per heavy atom. The summed E-state index contributed by atoms with van der Waals surface area (Å²) in [7, 11) is 0. The quantitative estimate of drug-likeness (QED) is 0.195. The lowest BCUT2D eigenvalue weighted by Crippen LogP contribution is -2.16. The average molecular weight is 604 g/mol. The van der Waals surface area contributed by atoms with E-state index >= 15 is 0 Å². The van der Waals surface area contributed by atoms with E-state index < -0.39 is 0 Å². The second-order valence-corrected chi connectivity index (χ2v) is 13.0. The van der Waals surface area contributed by atoms with Gasteiger partial charge < -0.3 is 9.32 Å². The largest absolute Gasteiger partial charge is 0.456 e. The van der Waals surface area contributed by atoms with Gasteiger partial charge in [-0.2, -0.15) is 0 Å². The van der Waals surface area contributed by atoms with Crippen LogP contribution >= 0.6 is 0 Å². The van der Waals surface area contributed by atoms with Gasteiger partial charge in [-0.15, -0.1) is 0 Å². The van der Waals surface area contributed by atoms with E-state index in [4.69, 9.17) is 4.42 Å². The molecule has 2 nitrogen and oxygen atoms in total. The van der Waals surface area contributed by atoms with Gasteiger partial charge in [-0.05, 0) is 99.1 Å². The lowest BCUT2D eigenvalue weighted by Gasteiger charge is -2.28. The zero-order valence-electron chi connectivity index (χ0n) is 26.4. The van der Waals surface area contributed by atoms with Gasteiger partial charge >= 0.3 is 0 Å². The fourth-order valence-corrected chi connectivity index (χ4v) is 7.39. The Labute approximate surface area is 275 Å². The van der Waals surface area contributed by atoms with Gasteiger partial charge in [0.05, 0.1) is 0 Å². The van der Waals surface area contributed by atoms with E-state index in [1.165, 1.54) is 49.9 Å². The van der Waals surface area contributed by atoms with Crippen molar-refractivity contribution in [3.8, 4) is 33.4 Å². The number of nitrogens with zero attached hydrogens (tertiary/aromatic N) is 1. The molecule has 2 heteroatoms. The van der Waals surface area contributed by atoms with Crippen molar-refractivity contribution in [2.75, 3.05) is 4.90 Å². The molecule has 0 aliphatic heterocycles. The Balaban J connectivity index is 1.17. The number of fused-ring (bicyclic) bond motifs is 6. The van der Waals surface area contributed by atoms with E-state index in [2.05, 4.69) is 176 Å². The molecule has 8 aromatic rings. The third-order valence-electron chi connectivity index (χ3n) is 9.88. The lowest BCUT2D eigenvalue weighted by atomic mass is 9.82. The maximum atomic E-state index is 6.32. The summed E-state index contributed by atoms with van der Waals surface area (Å²) < 4.78 is 6.32. The summed E-state index contributed by atoms with van der Waals surface area (Å²) >= 11 is 0. The predicted octanol–water partition coefficient (Wildman–Crippen LogP) is 12.7. The third-order valence-corrected chi connectivity index (χ3v) is 9.88. The molecule has 1 aliphatic carbocycles. The van der Waals surface area contributed by atoms with E-state index in [9.17, 15) is 0 Å². The molecule has 1 heterocycles. The second kappa shape index (κ2) is 10.6. The molecule has 0 saturated heterocycles. The topological polar surface area (TPSA) is 16.4 Å². The Hall–Kier alpha value is -5.86. The smallest absolute Gasteiger partial charge is 0.135 e. The molecule has 0 saturated carbocycles. The maximum absolute atomic E-state index is 6.32. The fourth-order valence-electron chi connectivity index (χ4n) is 7.39. The molecular formula is C45H33NO. The molecule has 0 N–H and O–H groups in total. The van der Waals surface area contributed by atoms with Crippen LogP contribution < -0.4 is 4.90 Å². The average Bonchev–Trinajstić information content (AvgIpc) is 3.60. The first-order valence-electron chi connectivity index (χ1n) is 16.3. The summed E-state index contributed by atoms with van der Waals surface area (Å²) in [6.07, 6.45) is 0. The minimum absolute atomic E-state index is 0.187. The number of furan rings is 1. The summed E-state index contributed by atoms with van der Waals surface area (Å²) in [5.74, 6) is 0. The van der Waals surface area contributed by atoms with Crippen LogP contribution in [0.15, 0.2) is 168 Å². The van der Waals surface area contributed by atoms with E-state index in [1.807, 2.05) is 6.07 Å². The van der Waals surface area contributed by atoms with Gasteiger partial charge in [0.25, 0.3) is 0 Å². The molecule has 9 rings (SSSR count).